The lowest BCUT2D eigenvalue weighted by atomic mass is 9.88. The van der Waals surface area contributed by atoms with Gasteiger partial charge in [0, 0.05) is 25.7 Å². The first-order valence-corrected chi connectivity index (χ1v) is 12.6. The van der Waals surface area contributed by atoms with E-state index in [1.165, 1.54) is 19.2 Å². The van der Waals surface area contributed by atoms with Gasteiger partial charge in [-0.2, -0.15) is 0 Å². The van der Waals surface area contributed by atoms with Gasteiger partial charge in [-0.15, -0.1) is 0 Å². The van der Waals surface area contributed by atoms with Crippen molar-refractivity contribution < 1.29 is 38.1 Å². The summed E-state index contributed by atoms with van der Waals surface area (Å²) in [5.74, 6) is -1.89. The maximum Gasteiger partial charge on any atom is 0.338 e. The highest BCUT2D eigenvalue weighted by atomic mass is 16.6. The van der Waals surface area contributed by atoms with Crippen molar-refractivity contribution in [2.45, 2.75) is 58.9 Å². The van der Waals surface area contributed by atoms with E-state index in [4.69, 9.17) is 24.7 Å². The van der Waals surface area contributed by atoms with Gasteiger partial charge in [-0.25, -0.2) is 4.79 Å². The summed E-state index contributed by atoms with van der Waals surface area (Å²) in [7, 11) is 1.22. The fourth-order valence-electron chi connectivity index (χ4n) is 3.64. The molecule has 206 valence electrons. The lowest BCUT2D eigenvalue weighted by Crippen LogP contribution is -2.51. The average Bonchev–Trinajstić information content (AvgIpc) is 2.84. The van der Waals surface area contributed by atoms with Crippen LogP contribution < -0.4 is 15.2 Å². The summed E-state index contributed by atoms with van der Waals surface area (Å²) in [6.45, 7) is 7.41. The number of benzene rings is 2. The molecule has 0 aliphatic heterocycles. The van der Waals surface area contributed by atoms with Gasteiger partial charge >= 0.3 is 23.9 Å². The van der Waals surface area contributed by atoms with Crippen LogP contribution in [0, 0.1) is 11.8 Å². The summed E-state index contributed by atoms with van der Waals surface area (Å²) in [5, 5.41) is 0. The van der Waals surface area contributed by atoms with Crippen molar-refractivity contribution in [1.29, 1.82) is 0 Å². The number of hydrogen-bond acceptors (Lipinski definition) is 9. The van der Waals surface area contributed by atoms with Gasteiger partial charge in [0.05, 0.1) is 19.3 Å². The molecule has 0 bridgehead atoms. The molecule has 9 heteroatoms. The molecule has 2 aromatic rings. The van der Waals surface area contributed by atoms with E-state index in [0.29, 0.717) is 11.1 Å². The number of esters is 4. The van der Waals surface area contributed by atoms with Crippen LogP contribution in [0.25, 0.3) is 0 Å². The topological polar surface area (TPSA) is 131 Å². The highest BCUT2D eigenvalue weighted by Crippen LogP contribution is 2.31. The van der Waals surface area contributed by atoms with Crippen LogP contribution in [-0.4, -0.2) is 43.1 Å². The Morgan fingerprint density at radius 1 is 0.842 bits per heavy atom. The summed E-state index contributed by atoms with van der Waals surface area (Å²) in [5.41, 5.74) is 5.81. The van der Waals surface area contributed by atoms with Crippen molar-refractivity contribution in [3.05, 3.63) is 59.7 Å². The van der Waals surface area contributed by atoms with Crippen LogP contribution in [0.2, 0.25) is 0 Å². The molecule has 0 fully saturated rings. The molecule has 0 radical (unpaired) electrons. The number of rotatable bonds is 13. The summed E-state index contributed by atoms with van der Waals surface area (Å²) < 4.78 is 21.2. The van der Waals surface area contributed by atoms with Crippen molar-refractivity contribution >= 4 is 23.9 Å². The van der Waals surface area contributed by atoms with Gasteiger partial charge in [-0.05, 0) is 41.7 Å². The van der Waals surface area contributed by atoms with E-state index >= 15 is 0 Å². The Hall–Kier alpha value is -3.72. The van der Waals surface area contributed by atoms with Crippen LogP contribution in [-0.2, 0) is 30.3 Å². The predicted molar refractivity (Wildman–Crippen MR) is 141 cm³/mol. The average molecular weight is 528 g/mol. The molecule has 0 aliphatic rings. The van der Waals surface area contributed by atoms with E-state index in [9.17, 15) is 19.2 Å². The van der Waals surface area contributed by atoms with Gasteiger partial charge < -0.3 is 24.7 Å². The molecule has 0 aromatic heterocycles. The molecule has 2 aromatic carbocycles. The van der Waals surface area contributed by atoms with E-state index in [0.717, 1.165) is 0 Å². The first kappa shape index (κ1) is 30.5. The molecule has 2 rings (SSSR count). The minimum atomic E-state index is -1.54. The van der Waals surface area contributed by atoms with Crippen molar-refractivity contribution in [3.8, 4) is 11.5 Å². The highest BCUT2D eigenvalue weighted by Gasteiger charge is 2.36. The first-order chi connectivity index (χ1) is 17.9. The smallest absolute Gasteiger partial charge is 0.338 e. The minimum absolute atomic E-state index is 0.0164. The maximum absolute atomic E-state index is 12.6. The van der Waals surface area contributed by atoms with Crippen molar-refractivity contribution in [2.24, 2.45) is 17.6 Å². The van der Waals surface area contributed by atoms with Gasteiger partial charge in [0.25, 0.3) is 0 Å². The molecule has 0 unspecified atom stereocenters. The molecular formula is C29H37NO8. The highest BCUT2D eigenvalue weighted by molar-refractivity contribution is 5.89. The number of carbonyl (C=O) groups excluding carboxylic acids is 4. The third kappa shape index (κ3) is 9.63. The standard InChI is InChI=1S/C29H37NO8/c1-19(2)15-25(31)37-23-12-11-21(17-24(23)38-26(32)16-20(3)4)18-29(30,28(34)35-5)13-14-36-27(33)22-9-7-6-8-10-22/h6-12,17,19-20H,13-16,18,30H2,1-5H3/t29-/m1/s1. The summed E-state index contributed by atoms with van der Waals surface area (Å²) in [6.07, 6.45) is 0.319. The molecule has 0 heterocycles. The summed E-state index contributed by atoms with van der Waals surface area (Å²) in [4.78, 5) is 49.6. The van der Waals surface area contributed by atoms with E-state index in [1.807, 2.05) is 27.7 Å². The van der Waals surface area contributed by atoms with Gasteiger partial charge in [-0.3, -0.25) is 14.4 Å². The lowest BCUT2D eigenvalue weighted by molar-refractivity contribution is -0.147. The quantitative estimate of drug-likeness (QED) is 0.300. The van der Waals surface area contributed by atoms with Gasteiger partial charge in [0.1, 0.15) is 5.54 Å². The Kier molecular flexibility index (Phi) is 11.5. The fraction of sp³-hybridized carbons (Fsp3) is 0.448. The third-order valence-corrected chi connectivity index (χ3v) is 5.51. The summed E-state index contributed by atoms with van der Waals surface area (Å²) >= 11 is 0. The molecule has 0 spiro atoms. The van der Waals surface area contributed by atoms with Gasteiger partial charge in [-0.1, -0.05) is 52.0 Å². The Morgan fingerprint density at radius 2 is 1.42 bits per heavy atom. The number of methoxy groups -OCH3 is 1. The van der Waals surface area contributed by atoms with Crippen LogP contribution in [0.4, 0.5) is 0 Å². The zero-order valence-electron chi connectivity index (χ0n) is 22.7. The zero-order valence-corrected chi connectivity index (χ0v) is 22.7. The van der Waals surface area contributed by atoms with Crippen LogP contribution in [0.1, 0.15) is 62.9 Å². The monoisotopic (exact) mass is 527 g/mol. The Balaban J connectivity index is 2.24. The second kappa shape index (κ2) is 14.3. The Labute approximate surface area is 223 Å². The second-order valence-corrected chi connectivity index (χ2v) is 10.0. The van der Waals surface area contributed by atoms with Crippen LogP contribution in [0.5, 0.6) is 11.5 Å². The maximum atomic E-state index is 12.6. The Morgan fingerprint density at radius 3 is 1.97 bits per heavy atom. The predicted octanol–water partition coefficient (Wildman–Crippen LogP) is 4.25. The molecular weight excluding hydrogens is 490 g/mol. The van der Waals surface area contributed by atoms with Crippen molar-refractivity contribution in [3.63, 3.8) is 0 Å². The van der Waals surface area contributed by atoms with Crippen LogP contribution in [0.3, 0.4) is 0 Å². The van der Waals surface area contributed by atoms with Crippen LogP contribution >= 0.6 is 0 Å². The van der Waals surface area contributed by atoms with Crippen molar-refractivity contribution in [1.82, 2.24) is 0 Å². The van der Waals surface area contributed by atoms with E-state index in [2.05, 4.69) is 0 Å². The fourth-order valence-corrected chi connectivity index (χ4v) is 3.64. The van der Waals surface area contributed by atoms with Crippen LogP contribution in [0.15, 0.2) is 48.5 Å². The molecule has 0 amide bonds. The SMILES string of the molecule is COC(=O)[C@@](N)(CCOC(=O)c1ccccc1)Cc1ccc(OC(=O)CC(C)C)c(OC(=O)CC(C)C)c1. The van der Waals surface area contributed by atoms with Gasteiger partial charge in [0.15, 0.2) is 11.5 Å². The minimum Gasteiger partial charge on any atom is -0.468 e. The second-order valence-electron chi connectivity index (χ2n) is 10.0. The lowest BCUT2D eigenvalue weighted by Gasteiger charge is -2.27. The molecule has 0 saturated carbocycles. The molecule has 2 N–H and O–H groups in total. The molecule has 9 nitrogen and oxygen atoms in total. The number of nitrogens with two attached hydrogens (primary N) is 1. The number of hydrogen-bond donors (Lipinski definition) is 1. The van der Waals surface area contributed by atoms with Crippen molar-refractivity contribution in [2.75, 3.05) is 13.7 Å². The zero-order chi connectivity index (χ0) is 28.3. The van der Waals surface area contributed by atoms with Gasteiger partial charge in [0.2, 0.25) is 0 Å². The largest absolute Gasteiger partial charge is 0.468 e. The Bertz CT molecular complexity index is 1110. The number of ether oxygens (including phenoxy) is 4. The molecule has 0 saturated heterocycles. The molecule has 38 heavy (non-hydrogen) atoms. The molecule has 1 atom stereocenters. The van der Waals surface area contributed by atoms with E-state index < -0.39 is 29.4 Å². The van der Waals surface area contributed by atoms with E-state index in [-0.39, 0.29) is 55.6 Å². The third-order valence-electron chi connectivity index (χ3n) is 5.51. The molecule has 0 aliphatic carbocycles. The first-order valence-electron chi connectivity index (χ1n) is 12.6. The normalized spacial score (nSPS) is 12.5. The summed E-state index contributed by atoms with van der Waals surface area (Å²) in [6, 6.07) is 13.1. The van der Waals surface area contributed by atoms with E-state index in [1.54, 1.807) is 36.4 Å². The number of carbonyl (C=O) groups is 4.